The van der Waals surface area contributed by atoms with Gasteiger partial charge in [-0.05, 0) is 31.4 Å². The van der Waals surface area contributed by atoms with Crippen molar-refractivity contribution in [2.75, 3.05) is 6.54 Å². The zero-order chi connectivity index (χ0) is 10.7. The molecule has 0 aromatic carbocycles. The van der Waals surface area contributed by atoms with Crippen molar-refractivity contribution in [1.82, 2.24) is 15.1 Å². The molecule has 15 heavy (non-hydrogen) atoms. The predicted molar refractivity (Wildman–Crippen MR) is 61.7 cm³/mol. The topological polar surface area (TPSA) is 29.9 Å². The smallest absolute Gasteiger partial charge is 0.0640 e. The summed E-state index contributed by atoms with van der Waals surface area (Å²) < 4.78 is 1.89. The lowest BCUT2D eigenvalue weighted by Crippen LogP contribution is -2.41. The second-order valence-electron chi connectivity index (χ2n) is 4.54. The van der Waals surface area contributed by atoms with Crippen molar-refractivity contribution in [3.05, 3.63) is 18.0 Å². The molecule has 0 spiro atoms. The third kappa shape index (κ3) is 2.59. The van der Waals surface area contributed by atoms with Gasteiger partial charge in [-0.1, -0.05) is 13.3 Å². The predicted octanol–water partition coefficient (Wildman–Crippen LogP) is 1.74. The summed E-state index contributed by atoms with van der Waals surface area (Å²) in [6, 6.07) is 2.77. The zero-order valence-corrected chi connectivity index (χ0v) is 9.74. The zero-order valence-electron chi connectivity index (χ0n) is 9.74. The van der Waals surface area contributed by atoms with Gasteiger partial charge in [0.15, 0.2) is 0 Å². The van der Waals surface area contributed by atoms with Gasteiger partial charge in [0.25, 0.3) is 0 Å². The van der Waals surface area contributed by atoms with Gasteiger partial charge in [-0.3, -0.25) is 4.68 Å². The van der Waals surface area contributed by atoms with Crippen LogP contribution in [0.3, 0.4) is 0 Å². The summed E-state index contributed by atoms with van der Waals surface area (Å²) in [7, 11) is 1.98. The first-order valence-corrected chi connectivity index (χ1v) is 6.01. The van der Waals surface area contributed by atoms with Gasteiger partial charge >= 0.3 is 0 Å². The van der Waals surface area contributed by atoms with Gasteiger partial charge in [-0.2, -0.15) is 5.10 Å². The number of likely N-dealkylation sites (N-methyl/N-ethyl adjacent to an activating group) is 1. The van der Waals surface area contributed by atoms with E-state index < -0.39 is 0 Å². The van der Waals surface area contributed by atoms with Crippen molar-refractivity contribution in [1.29, 1.82) is 0 Å². The molecule has 0 saturated heterocycles. The van der Waals surface area contributed by atoms with Gasteiger partial charge < -0.3 is 5.32 Å². The molecule has 84 valence electrons. The fraction of sp³-hybridized carbons (Fsp3) is 0.750. The molecule has 1 saturated carbocycles. The summed E-state index contributed by atoms with van der Waals surface area (Å²) >= 11 is 0. The second kappa shape index (κ2) is 4.79. The lowest BCUT2D eigenvalue weighted by molar-refractivity contribution is 0.228. The highest BCUT2D eigenvalue weighted by Crippen LogP contribution is 2.30. The van der Waals surface area contributed by atoms with E-state index in [-0.39, 0.29) is 0 Å². The molecule has 1 heterocycles. The van der Waals surface area contributed by atoms with Gasteiger partial charge in [-0.15, -0.1) is 0 Å². The molecule has 1 aliphatic carbocycles. The van der Waals surface area contributed by atoms with E-state index in [0.29, 0.717) is 6.04 Å². The fourth-order valence-electron chi connectivity index (χ4n) is 2.31. The van der Waals surface area contributed by atoms with Crippen LogP contribution in [-0.4, -0.2) is 22.4 Å². The number of nitrogens with one attached hydrogen (secondary N) is 1. The molecule has 2 rings (SSSR count). The molecule has 3 heteroatoms. The van der Waals surface area contributed by atoms with E-state index in [0.717, 1.165) is 18.9 Å². The van der Waals surface area contributed by atoms with Crippen LogP contribution < -0.4 is 5.32 Å². The van der Waals surface area contributed by atoms with E-state index in [9.17, 15) is 0 Å². The SMILES string of the molecule is CCNC(Cc1ccn(C)n1)C1CCC1. The van der Waals surface area contributed by atoms with Gasteiger partial charge in [0.1, 0.15) is 0 Å². The summed E-state index contributed by atoms with van der Waals surface area (Å²) in [5, 5.41) is 8.04. The highest BCUT2D eigenvalue weighted by Gasteiger charge is 2.27. The van der Waals surface area contributed by atoms with Crippen LogP contribution in [0.4, 0.5) is 0 Å². The van der Waals surface area contributed by atoms with Crippen LogP contribution in [0.2, 0.25) is 0 Å². The number of hydrogen-bond donors (Lipinski definition) is 1. The monoisotopic (exact) mass is 207 g/mol. The molecule has 0 bridgehead atoms. The van der Waals surface area contributed by atoms with Crippen molar-refractivity contribution in [2.24, 2.45) is 13.0 Å². The highest BCUT2D eigenvalue weighted by molar-refractivity contribution is 5.03. The van der Waals surface area contributed by atoms with Crippen molar-refractivity contribution in [3.8, 4) is 0 Å². The van der Waals surface area contributed by atoms with Crippen LogP contribution in [0.1, 0.15) is 31.9 Å². The van der Waals surface area contributed by atoms with Crippen LogP contribution in [0, 0.1) is 5.92 Å². The average molecular weight is 207 g/mol. The van der Waals surface area contributed by atoms with Crippen LogP contribution in [-0.2, 0) is 13.5 Å². The summed E-state index contributed by atoms with van der Waals surface area (Å²) in [4.78, 5) is 0. The minimum Gasteiger partial charge on any atom is -0.314 e. The molecule has 0 aliphatic heterocycles. The Hall–Kier alpha value is -0.830. The third-order valence-corrected chi connectivity index (χ3v) is 3.38. The van der Waals surface area contributed by atoms with Gasteiger partial charge in [-0.25, -0.2) is 0 Å². The van der Waals surface area contributed by atoms with Gasteiger partial charge in [0.2, 0.25) is 0 Å². The molecule has 1 aromatic heterocycles. The Morgan fingerprint density at radius 1 is 1.60 bits per heavy atom. The summed E-state index contributed by atoms with van der Waals surface area (Å²) in [6.07, 6.45) is 7.31. The van der Waals surface area contributed by atoms with Crippen molar-refractivity contribution < 1.29 is 0 Å². The minimum atomic E-state index is 0.638. The third-order valence-electron chi connectivity index (χ3n) is 3.38. The van der Waals surface area contributed by atoms with Crippen molar-refractivity contribution in [3.63, 3.8) is 0 Å². The highest BCUT2D eigenvalue weighted by atomic mass is 15.2. The van der Waals surface area contributed by atoms with Crippen LogP contribution >= 0.6 is 0 Å². The number of aryl methyl sites for hydroxylation is 1. The number of rotatable bonds is 5. The number of hydrogen-bond acceptors (Lipinski definition) is 2. The first-order valence-electron chi connectivity index (χ1n) is 6.01. The van der Waals surface area contributed by atoms with Gasteiger partial charge in [0, 0.05) is 25.7 Å². The first kappa shape index (κ1) is 10.7. The molecule has 1 aliphatic rings. The van der Waals surface area contributed by atoms with E-state index in [4.69, 9.17) is 0 Å². The largest absolute Gasteiger partial charge is 0.314 e. The van der Waals surface area contributed by atoms with Crippen LogP contribution in [0.15, 0.2) is 12.3 Å². The first-order chi connectivity index (χ1) is 7.29. The van der Waals surface area contributed by atoms with Crippen molar-refractivity contribution >= 4 is 0 Å². The lowest BCUT2D eigenvalue weighted by atomic mass is 9.78. The Morgan fingerprint density at radius 3 is 2.87 bits per heavy atom. The molecular weight excluding hydrogens is 186 g/mol. The number of aromatic nitrogens is 2. The average Bonchev–Trinajstić information content (AvgIpc) is 2.48. The maximum absolute atomic E-state index is 4.45. The molecule has 0 radical (unpaired) electrons. The van der Waals surface area contributed by atoms with Crippen LogP contribution in [0.5, 0.6) is 0 Å². The Labute approximate surface area is 91.9 Å². The van der Waals surface area contributed by atoms with E-state index in [2.05, 4.69) is 23.4 Å². The maximum Gasteiger partial charge on any atom is 0.0640 e. The lowest BCUT2D eigenvalue weighted by Gasteiger charge is -2.34. The summed E-state index contributed by atoms with van der Waals surface area (Å²) in [5.41, 5.74) is 1.22. The van der Waals surface area contributed by atoms with E-state index in [1.807, 2.05) is 17.9 Å². The Kier molecular flexibility index (Phi) is 3.41. The molecule has 1 atom stereocenters. The second-order valence-corrected chi connectivity index (χ2v) is 4.54. The molecule has 1 aromatic rings. The minimum absolute atomic E-state index is 0.638. The molecule has 0 amide bonds. The molecule has 1 N–H and O–H groups in total. The maximum atomic E-state index is 4.45. The van der Waals surface area contributed by atoms with Gasteiger partial charge in [0.05, 0.1) is 5.69 Å². The molecule has 1 unspecified atom stereocenters. The standard InChI is InChI=1S/C12H21N3/c1-3-13-12(10-5-4-6-10)9-11-7-8-15(2)14-11/h7-8,10,12-13H,3-6,9H2,1-2H3. The molecule has 3 nitrogen and oxygen atoms in total. The number of nitrogens with zero attached hydrogens (tertiary/aromatic N) is 2. The summed E-state index contributed by atoms with van der Waals surface area (Å²) in [5.74, 6) is 0.881. The Morgan fingerprint density at radius 2 is 2.40 bits per heavy atom. The molecular formula is C12H21N3. The fourth-order valence-corrected chi connectivity index (χ4v) is 2.31. The normalized spacial score (nSPS) is 18.8. The summed E-state index contributed by atoms with van der Waals surface area (Å²) in [6.45, 7) is 3.25. The van der Waals surface area contributed by atoms with E-state index >= 15 is 0 Å². The van der Waals surface area contributed by atoms with E-state index in [1.54, 1.807) is 0 Å². The molecule has 1 fully saturated rings. The van der Waals surface area contributed by atoms with Crippen molar-refractivity contribution in [2.45, 2.75) is 38.6 Å². The Balaban J connectivity index is 1.93. The Bertz CT molecular complexity index is 302. The quantitative estimate of drug-likeness (QED) is 0.797. The van der Waals surface area contributed by atoms with Crippen LogP contribution in [0.25, 0.3) is 0 Å². The van der Waals surface area contributed by atoms with E-state index in [1.165, 1.54) is 25.0 Å².